The average Bonchev–Trinajstić information content (AvgIpc) is 3.15. The van der Waals surface area contributed by atoms with Gasteiger partial charge in [0.05, 0.1) is 0 Å². The lowest BCUT2D eigenvalue weighted by atomic mass is 10.1. The molecule has 7 heteroatoms. The minimum Gasteiger partial charge on any atom is -0.476 e. The minimum atomic E-state index is -1.08. The normalized spacial score (nSPS) is 11.6. The molecule has 6 nitrogen and oxygen atoms in total. The van der Waals surface area contributed by atoms with Crippen molar-refractivity contribution in [3.05, 3.63) is 58.3 Å². The number of carbonyl (C=O) groups excluding carboxylic acids is 1. The summed E-state index contributed by atoms with van der Waals surface area (Å²) >= 11 is 1.22. The molecule has 3 rings (SSSR count). The molecule has 0 fully saturated rings. The van der Waals surface area contributed by atoms with E-state index in [4.69, 9.17) is 5.11 Å². The lowest BCUT2D eigenvalue weighted by molar-refractivity contribution is -0.118. The molecule has 3 N–H and O–H groups in total. The number of nitrogens with zero attached hydrogens (tertiary/aromatic N) is 1. The van der Waals surface area contributed by atoms with Gasteiger partial charge in [-0.2, -0.15) is 0 Å². The Hall–Kier alpha value is -2.93. The predicted molar refractivity (Wildman–Crippen MR) is 88.3 cm³/mol. The van der Waals surface area contributed by atoms with Crippen LogP contribution in [0, 0.1) is 0 Å². The minimum absolute atomic E-state index is 0.0152. The lowest BCUT2D eigenvalue weighted by Crippen LogP contribution is -2.12. The zero-order valence-corrected chi connectivity index (χ0v) is 13.0. The van der Waals surface area contributed by atoms with E-state index in [0.29, 0.717) is 10.6 Å². The molecule has 0 aliphatic rings. The number of amides is 1. The van der Waals surface area contributed by atoms with Crippen LogP contribution in [0.4, 0.5) is 0 Å². The highest BCUT2D eigenvalue weighted by molar-refractivity contribution is 7.11. The molecule has 0 atom stereocenters. The number of nitrogens with one attached hydrogen (secondary N) is 2. The van der Waals surface area contributed by atoms with Gasteiger partial charge < -0.3 is 15.4 Å². The van der Waals surface area contributed by atoms with Crippen LogP contribution in [0.25, 0.3) is 16.5 Å². The number of hydrogen-bond donors (Lipinski definition) is 3. The second-order valence-corrected chi connectivity index (χ2v) is 5.71. The Bertz CT molecular complexity index is 923. The third-order valence-electron chi connectivity index (χ3n) is 3.25. The van der Waals surface area contributed by atoms with Crippen molar-refractivity contribution < 1.29 is 14.7 Å². The number of aromatic nitrogens is 2. The van der Waals surface area contributed by atoms with Gasteiger partial charge in [-0.05, 0) is 6.07 Å². The van der Waals surface area contributed by atoms with Crippen LogP contribution in [0.3, 0.4) is 0 Å². The molecule has 0 aliphatic carbocycles. The van der Waals surface area contributed by atoms with E-state index in [1.165, 1.54) is 23.6 Å². The van der Waals surface area contributed by atoms with Gasteiger partial charge in [-0.3, -0.25) is 4.79 Å². The summed E-state index contributed by atoms with van der Waals surface area (Å²) in [5.74, 6) is -1.29. The molecule has 2 heterocycles. The Balaban J connectivity index is 2.13. The molecule has 1 aromatic carbocycles. The third-order valence-corrected chi connectivity index (χ3v) is 4.13. The van der Waals surface area contributed by atoms with Crippen LogP contribution in [-0.4, -0.2) is 27.0 Å². The number of carbonyl (C=O) groups is 2. The van der Waals surface area contributed by atoms with Gasteiger partial charge in [-0.15, -0.1) is 11.3 Å². The number of fused-ring (bicyclic) bond motifs is 1. The molecular weight excluding hydrogens is 314 g/mol. The number of hydrogen-bond acceptors (Lipinski definition) is 4. The number of aromatic amines is 1. The van der Waals surface area contributed by atoms with Gasteiger partial charge in [0, 0.05) is 46.7 Å². The second-order valence-electron chi connectivity index (χ2n) is 4.85. The molecule has 116 valence electrons. The predicted octanol–water partition coefficient (Wildman–Crippen LogP) is 2.85. The smallest absolute Gasteiger partial charge is 0.355 e. The van der Waals surface area contributed by atoms with Gasteiger partial charge >= 0.3 is 5.97 Å². The summed E-state index contributed by atoms with van der Waals surface area (Å²) in [4.78, 5) is 29.6. The van der Waals surface area contributed by atoms with Crippen molar-refractivity contribution in [3.8, 4) is 0 Å². The summed E-state index contributed by atoms with van der Waals surface area (Å²) in [6.45, 7) is 1.41. The van der Waals surface area contributed by atoms with Gasteiger partial charge in [0.2, 0.25) is 5.91 Å². The van der Waals surface area contributed by atoms with Crippen LogP contribution in [0.1, 0.15) is 28.0 Å². The van der Waals surface area contributed by atoms with Crippen molar-refractivity contribution in [1.82, 2.24) is 15.3 Å². The zero-order chi connectivity index (χ0) is 16.4. The Morgan fingerprint density at radius 3 is 2.83 bits per heavy atom. The van der Waals surface area contributed by atoms with Crippen LogP contribution in [-0.2, 0) is 4.79 Å². The summed E-state index contributed by atoms with van der Waals surface area (Å²) in [6.07, 6.45) is 3.38. The van der Waals surface area contributed by atoms with E-state index in [2.05, 4.69) is 15.3 Å². The molecule has 23 heavy (non-hydrogen) atoms. The second kappa shape index (κ2) is 6.05. The highest BCUT2D eigenvalue weighted by atomic mass is 32.1. The van der Waals surface area contributed by atoms with E-state index in [9.17, 15) is 9.59 Å². The number of rotatable bonds is 4. The Labute approximate surface area is 135 Å². The summed E-state index contributed by atoms with van der Waals surface area (Å²) in [6, 6.07) is 7.74. The molecule has 0 bridgehead atoms. The van der Waals surface area contributed by atoms with Crippen molar-refractivity contribution >= 4 is 39.7 Å². The maximum atomic E-state index is 11.3. The Morgan fingerprint density at radius 2 is 2.13 bits per heavy atom. The molecule has 2 aromatic heterocycles. The molecule has 0 radical (unpaired) electrons. The van der Waals surface area contributed by atoms with Crippen molar-refractivity contribution in [2.45, 2.75) is 6.92 Å². The topological polar surface area (TPSA) is 95.1 Å². The Morgan fingerprint density at radius 1 is 1.35 bits per heavy atom. The van der Waals surface area contributed by atoms with Crippen molar-refractivity contribution in [2.75, 3.05) is 0 Å². The number of aromatic carboxylic acids is 1. The number of thiazole rings is 1. The maximum absolute atomic E-state index is 11.3. The Kier molecular flexibility index (Phi) is 3.94. The fourth-order valence-corrected chi connectivity index (χ4v) is 3.04. The number of H-pyrrole nitrogens is 1. The van der Waals surface area contributed by atoms with Crippen LogP contribution in [0.15, 0.2) is 42.0 Å². The van der Waals surface area contributed by atoms with E-state index in [1.54, 1.807) is 6.20 Å². The molecule has 0 aliphatic heterocycles. The fourth-order valence-electron chi connectivity index (χ4n) is 2.22. The number of para-hydroxylation sites is 1. The van der Waals surface area contributed by atoms with E-state index in [-0.39, 0.29) is 11.6 Å². The summed E-state index contributed by atoms with van der Waals surface area (Å²) in [7, 11) is 0. The third kappa shape index (κ3) is 3.00. The maximum Gasteiger partial charge on any atom is 0.355 e. The molecule has 0 saturated carbocycles. The largest absolute Gasteiger partial charge is 0.476 e. The standard InChI is InChI=1S/C16H13N3O3S/c1-9(20)17-7-12(15-19-14(8-23-15)16(21)22)11-6-18-13-5-3-2-4-10(11)13/h2-8,18H,1H3,(H,17,20)(H,21,22). The monoisotopic (exact) mass is 327 g/mol. The summed E-state index contributed by atoms with van der Waals surface area (Å²) < 4.78 is 0. The highest BCUT2D eigenvalue weighted by Gasteiger charge is 2.16. The van der Waals surface area contributed by atoms with Crippen LogP contribution in [0.2, 0.25) is 0 Å². The molecule has 0 saturated heterocycles. The molecule has 0 unspecified atom stereocenters. The van der Waals surface area contributed by atoms with Gasteiger partial charge in [-0.25, -0.2) is 9.78 Å². The number of carboxylic acid groups (broad SMARTS) is 1. The fraction of sp³-hybridized carbons (Fsp3) is 0.0625. The van der Waals surface area contributed by atoms with Crippen LogP contribution in [0.5, 0.6) is 0 Å². The first kappa shape index (κ1) is 15.0. The van der Waals surface area contributed by atoms with Gasteiger partial charge in [0.15, 0.2) is 5.69 Å². The van der Waals surface area contributed by atoms with Crippen LogP contribution < -0.4 is 5.32 Å². The van der Waals surface area contributed by atoms with Gasteiger partial charge in [-0.1, -0.05) is 18.2 Å². The van der Waals surface area contributed by atoms with Crippen LogP contribution >= 0.6 is 11.3 Å². The first-order valence-electron chi connectivity index (χ1n) is 6.79. The van der Waals surface area contributed by atoms with Crippen molar-refractivity contribution in [2.24, 2.45) is 0 Å². The molecule has 1 amide bonds. The van der Waals surface area contributed by atoms with Crippen molar-refractivity contribution in [3.63, 3.8) is 0 Å². The summed E-state index contributed by atoms with van der Waals surface area (Å²) in [5, 5.41) is 14.7. The quantitative estimate of drug-likeness (QED) is 0.686. The van der Waals surface area contributed by atoms with E-state index < -0.39 is 5.97 Å². The van der Waals surface area contributed by atoms with E-state index in [1.807, 2.05) is 30.5 Å². The lowest BCUT2D eigenvalue weighted by Gasteiger charge is -2.04. The van der Waals surface area contributed by atoms with E-state index >= 15 is 0 Å². The molecule has 0 spiro atoms. The highest BCUT2D eigenvalue weighted by Crippen LogP contribution is 2.31. The van der Waals surface area contributed by atoms with Crippen molar-refractivity contribution in [1.29, 1.82) is 0 Å². The SMILES string of the molecule is CC(=O)NC=C(c1nc(C(=O)O)cs1)c1c[nH]c2ccccc12. The summed E-state index contributed by atoms with van der Waals surface area (Å²) in [5.41, 5.74) is 2.44. The number of carboxylic acids is 1. The van der Waals surface area contributed by atoms with E-state index in [0.717, 1.165) is 16.5 Å². The average molecular weight is 327 g/mol. The molecular formula is C16H13N3O3S. The van der Waals surface area contributed by atoms with Gasteiger partial charge in [0.25, 0.3) is 0 Å². The molecule has 3 aromatic rings. The zero-order valence-electron chi connectivity index (χ0n) is 12.2. The van der Waals surface area contributed by atoms with Gasteiger partial charge in [0.1, 0.15) is 5.01 Å². The number of benzene rings is 1. The first-order valence-corrected chi connectivity index (χ1v) is 7.67. The first-order chi connectivity index (χ1) is 11.1.